The maximum atomic E-state index is 12.6. The summed E-state index contributed by atoms with van der Waals surface area (Å²) in [5, 5.41) is 10.0. The van der Waals surface area contributed by atoms with Crippen LogP contribution < -0.4 is 5.32 Å². The van der Waals surface area contributed by atoms with Crippen molar-refractivity contribution in [2.24, 2.45) is 0 Å². The zero-order valence-corrected chi connectivity index (χ0v) is 12.8. The van der Waals surface area contributed by atoms with Gasteiger partial charge in [-0.1, -0.05) is 19.1 Å². The summed E-state index contributed by atoms with van der Waals surface area (Å²) in [7, 11) is -3.55. The minimum Gasteiger partial charge on any atom is -0.310 e. The maximum absolute atomic E-state index is 12.6. The first kappa shape index (κ1) is 15.2. The summed E-state index contributed by atoms with van der Waals surface area (Å²) in [6.45, 7) is 8.68. The molecule has 1 heterocycles. The lowest BCUT2D eigenvalue weighted by molar-refractivity contribution is 0.449. The molecule has 1 fully saturated rings. The van der Waals surface area contributed by atoms with Gasteiger partial charge < -0.3 is 5.32 Å². The van der Waals surface area contributed by atoms with Crippen molar-refractivity contribution >= 4 is 10.0 Å². The third kappa shape index (κ3) is 3.47. The van der Waals surface area contributed by atoms with Gasteiger partial charge in [0.1, 0.15) is 0 Å². The molecule has 0 aliphatic heterocycles. The molecular formula is C13H22N4O2S. The standard InChI is InChI=1S/C13H22N4O2S/c1-4-17(9-10(2)3)20(18,19)13-11(8-15-16-13)7-14-12-5-6-12/h8,12,14H,2,4-7,9H2,1,3H3,(H,15,16). The molecule has 7 heteroatoms. The zero-order chi connectivity index (χ0) is 14.8. The number of hydrogen-bond donors (Lipinski definition) is 2. The van der Waals surface area contributed by atoms with Crippen LogP contribution in [0.4, 0.5) is 0 Å². The molecule has 0 radical (unpaired) electrons. The molecule has 20 heavy (non-hydrogen) atoms. The summed E-state index contributed by atoms with van der Waals surface area (Å²) in [4.78, 5) is 0. The second-order valence-electron chi connectivity index (χ2n) is 5.27. The fourth-order valence-electron chi connectivity index (χ4n) is 1.99. The SMILES string of the molecule is C=C(C)CN(CC)S(=O)(=O)c1[nH]ncc1CNC1CC1. The Morgan fingerprint density at radius 1 is 1.60 bits per heavy atom. The molecule has 0 spiro atoms. The molecule has 112 valence electrons. The van der Waals surface area contributed by atoms with E-state index in [1.165, 1.54) is 4.31 Å². The molecule has 0 aromatic carbocycles. The van der Waals surface area contributed by atoms with Crippen molar-refractivity contribution in [3.8, 4) is 0 Å². The molecule has 1 aliphatic carbocycles. The van der Waals surface area contributed by atoms with Crippen molar-refractivity contribution in [2.75, 3.05) is 13.1 Å². The average molecular weight is 298 g/mol. The molecule has 1 aromatic rings. The van der Waals surface area contributed by atoms with E-state index in [0.717, 1.165) is 18.4 Å². The topological polar surface area (TPSA) is 78.1 Å². The number of rotatable bonds is 8. The molecule has 0 atom stereocenters. The van der Waals surface area contributed by atoms with E-state index in [9.17, 15) is 8.42 Å². The van der Waals surface area contributed by atoms with Crippen LogP contribution in [0.25, 0.3) is 0 Å². The number of hydrogen-bond acceptors (Lipinski definition) is 4. The smallest absolute Gasteiger partial charge is 0.260 e. The third-order valence-electron chi connectivity index (χ3n) is 3.23. The summed E-state index contributed by atoms with van der Waals surface area (Å²) >= 11 is 0. The first-order valence-electron chi connectivity index (χ1n) is 6.85. The molecule has 2 N–H and O–H groups in total. The fourth-order valence-corrected chi connectivity index (χ4v) is 3.60. The molecule has 1 aliphatic rings. The van der Waals surface area contributed by atoms with Crippen molar-refractivity contribution in [3.05, 3.63) is 23.9 Å². The molecule has 1 aromatic heterocycles. The summed E-state index contributed by atoms with van der Waals surface area (Å²) < 4.78 is 26.7. The van der Waals surface area contributed by atoms with E-state index in [1.807, 2.05) is 13.8 Å². The van der Waals surface area contributed by atoms with Gasteiger partial charge in [0, 0.05) is 31.2 Å². The lowest BCUT2D eigenvalue weighted by Gasteiger charge is -2.20. The number of nitrogens with zero attached hydrogens (tertiary/aromatic N) is 2. The molecular weight excluding hydrogens is 276 g/mol. The minimum absolute atomic E-state index is 0.189. The van der Waals surface area contributed by atoms with Crippen LogP contribution in [0, 0.1) is 0 Å². The average Bonchev–Trinajstić information content (AvgIpc) is 3.09. The van der Waals surface area contributed by atoms with Gasteiger partial charge in [-0.05, 0) is 19.8 Å². The Bertz CT molecular complexity index is 575. The molecule has 0 unspecified atom stereocenters. The highest BCUT2D eigenvalue weighted by Gasteiger charge is 2.28. The number of nitrogens with one attached hydrogen (secondary N) is 2. The van der Waals surface area contributed by atoms with Crippen molar-refractivity contribution in [1.29, 1.82) is 0 Å². The summed E-state index contributed by atoms with van der Waals surface area (Å²) in [5.41, 5.74) is 1.50. The molecule has 1 saturated carbocycles. The highest BCUT2D eigenvalue weighted by atomic mass is 32.2. The Hall–Kier alpha value is -1.18. The van der Waals surface area contributed by atoms with Gasteiger partial charge in [-0.2, -0.15) is 9.40 Å². The number of aromatic amines is 1. The van der Waals surface area contributed by atoms with Gasteiger partial charge in [0.05, 0.1) is 6.20 Å². The molecule has 2 rings (SSSR count). The lowest BCUT2D eigenvalue weighted by atomic mass is 10.3. The van der Waals surface area contributed by atoms with E-state index in [-0.39, 0.29) is 5.03 Å². The number of aromatic nitrogens is 2. The summed E-state index contributed by atoms with van der Waals surface area (Å²) in [6, 6.07) is 0.526. The molecule has 0 amide bonds. The Balaban J connectivity index is 2.18. The Kier molecular flexibility index (Phi) is 4.62. The third-order valence-corrected chi connectivity index (χ3v) is 5.17. The van der Waals surface area contributed by atoms with E-state index in [2.05, 4.69) is 22.1 Å². The normalized spacial score (nSPS) is 15.8. The van der Waals surface area contributed by atoms with Crippen LogP contribution >= 0.6 is 0 Å². The summed E-state index contributed by atoms with van der Waals surface area (Å²) in [6.07, 6.45) is 3.91. The predicted octanol–water partition coefficient (Wildman–Crippen LogP) is 1.25. The summed E-state index contributed by atoms with van der Waals surface area (Å²) in [5.74, 6) is 0. The molecule has 6 nitrogen and oxygen atoms in total. The highest BCUT2D eigenvalue weighted by molar-refractivity contribution is 7.89. The highest BCUT2D eigenvalue weighted by Crippen LogP contribution is 2.22. The fraction of sp³-hybridized carbons (Fsp3) is 0.615. The Morgan fingerprint density at radius 3 is 2.85 bits per heavy atom. The van der Waals surface area contributed by atoms with E-state index in [0.29, 0.717) is 31.2 Å². The van der Waals surface area contributed by atoms with Crippen molar-refractivity contribution < 1.29 is 8.42 Å². The van der Waals surface area contributed by atoms with E-state index < -0.39 is 10.0 Å². The van der Waals surface area contributed by atoms with Gasteiger partial charge in [0.25, 0.3) is 10.0 Å². The van der Waals surface area contributed by atoms with Crippen molar-refractivity contribution in [1.82, 2.24) is 19.8 Å². The van der Waals surface area contributed by atoms with Gasteiger partial charge in [-0.15, -0.1) is 0 Å². The second kappa shape index (κ2) is 6.07. The predicted molar refractivity (Wildman–Crippen MR) is 77.7 cm³/mol. The lowest BCUT2D eigenvalue weighted by Crippen LogP contribution is -2.33. The largest absolute Gasteiger partial charge is 0.310 e. The second-order valence-corrected chi connectivity index (χ2v) is 7.14. The van der Waals surface area contributed by atoms with Crippen LogP contribution in [0.2, 0.25) is 0 Å². The Morgan fingerprint density at radius 2 is 2.30 bits per heavy atom. The van der Waals surface area contributed by atoms with E-state index in [4.69, 9.17) is 0 Å². The van der Waals surface area contributed by atoms with Crippen LogP contribution in [0.3, 0.4) is 0 Å². The van der Waals surface area contributed by atoms with Crippen LogP contribution in [0.5, 0.6) is 0 Å². The van der Waals surface area contributed by atoms with Gasteiger partial charge in [0.15, 0.2) is 5.03 Å². The van der Waals surface area contributed by atoms with Crippen molar-refractivity contribution in [3.63, 3.8) is 0 Å². The number of sulfonamides is 1. The first-order chi connectivity index (χ1) is 9.45. The van der Waals surface area contributed by atoms with Gasteiger partial charge in [-0.25, -0.2) is 8.42 Å². The van der Waals surface area contributed by atoms with Crippen LogP contribution in [-0.4, -0.2) is 42.1 Å². The first-order valence-corrected chi connectivity index (χ1v) is 8.29. The Labute approximate surface area is 120 Å². The van der Waals surface area contributed by atoms with E-state index in [1.54, 1.807) is 6.20 Å². The maximum Gasteiger partial charge on any atom is 0.260 e. The van der Waals surface area contributed by atoms with Gasteiger partial charge in [-0.3, -0.25) is 5.10 Å². The zero-order valence-electron chi connectivity index (χ0n) is 12.0. The van der Waals surface area contributed by atoms with Crippen LogP contribution in [0.1, 0.15) is 32.3 Å². The van der Waals surface area contributed by atoms with Gasteiger partial charge in [0.2, 0.25) is 0 Å². The van der Waals surface area contributed by atoms with Crippen molar-refractivity contribution in [2.45, 2.75) is 44.3 Å². The minimum atomic E-state index is -3.55. The number of likely N-dealkylation sites (N-methyl/N-ethyl adjacent to an activating group) is 1. The van der Waals surface area contributed by atoms with Gasteiger partial charge >= 0.3 is 0 Å². The van der Waals surface area contributed by atoms with Crippen LogP contribution in [0.15, 0.2) is 23.4 Å². The van der Waals surface area contributed by atoms with E-state index >= 15 is 0 Å². The molecule has 0 bridgehead atoms. The number of H-pyrrole nitrogens is 1. The van der Waals surface area contributed by atoms with Crippen LogP contribution in [-0.2, 0) is 16.6 Å². The quantitative estimate of drug-likeness (QED) is 0.708. The monoisotopic (exact) mass is 298 g/mol. The molecule has 0 saturated heterocycles.